The smallest absolute Gasteiger partial charge is 1.00 e. The largest absolute Gasteiger partial charge is 4.00 e. The van der Waals surface area contributed by atoms with E-state index in [1.807, 2.05) is 6.07 Å². The summed E-state index contributed by atoms with van der Waals surface area (Å²) in [4.78, 5) is 0. The van der Waals surface area contributed by atoms with Crippen LogP contribution in [0.5, 0.6) is 0 Å². The zero-order valence-corrected chi connectivity index (χ0v) is 25.6. The molecule has 0 saturated carbocycles. The molecule has 0 amide bonds. The van der Waals surface area contributed by atoms with Crippen LogP contribution in [0.3, 0.4) is 0 Å². The first kappa shape index (κ1) is 31.6. The van der Waals surface area contributed by atoms with Crippen molar-refractivity contribution in [3.05, 3.63) is 113 Å². The minimum atomic E-state index is 0. The van der Waals surface area contributed by atoms with Crippen LogP contribution in [-0.4, -0.2) is 0 Å². The van der Waals surface area contributed by atoms with E-state index in [4.69, 9.17) is 0 Å². The molecule has 0 saturated heterocycles. The van der Waals surface area contributed by atoms with Crippen molar-refractivity contribution in [2.24, 2.45) is 0 Å². The van der Waals surface area contributed by atoms with Crippen LogP contribution in [0.4, 0.5) is 0 Å². The third-order valence-corrected chi connectivity index (χ3v) is 6.27. The maximum atomic E-state index is 3.67. The Bertz CT molecular complexity index is 1110. The maximum Gasteiger partial charge on any atom is 4.00 e. The fourth-order valence-corrected chi connectivity index (χ4v) is 4.26. The van der Waals surface area contributed by atoms with Gasteiger partial charge >= 0.3 is 26.2 Å². The van der Waals surface area contributed by atoms with Gasteiger partial charge in [0.05, 0.1) is 0 Å². The summed E-state index contributed by atoms with van der Waals surface area (Å²) in [5.74, 6) is 0. The van der Waals surface area contributed by atoms with Gasteiger partial charge in [0, 0.05) is 0 Å². The predicted octanol–water partition coefficient (Wildman–Crippen LogP) is 2.49. The van der Waals surface area contributed by atoms with Crippen LogP contribution in [0.1, 0.15) is 75.8 Å². The molecule has 0 nitrogen and oxygen atoms in total. The first-order valence-electron chi connectivity index (χ1n) is 11.6. The first-order valence-corrected chi connectivity index (χ1v) is 11.6. The monoisotopic (exact) mass is 578 g/mol. The number of benzene rings is 3. The molecule has 3 aromatic carbocycles. The maximum absolute atomic E-state index is 3.67. The van der Waals surface area contributed by atoms with Gasteiger partial charge in [-0.2, -0.15) is 35.4 Å². The zero-order chi connectivity index (χ0) is 22.9. The molecule has 0 aromatic heterocycles. The van der Waals surface area contributed by atoms with Crippen molar-refractivity contribution in [2.45, 2.75) is 65.2 Å². The number of rotatable bonds is 1. The van der Waals surface area contributed by atoms with Crippen molar-refractivity contribution in [3.8, 4) is 11.1 Å². The van der Waals surface area contributed by atoms with Crippen LogP contribution in [0.15, 0.2) is 72.8 Å². The molecule has 0 atom stereocenters. The van der Waals surface area contributed by atoms with Crippen molar-refractivity contribution < 1.29 is 51.0 Å². The molecule has 0 N–H and O–H groups in total. The molecule has 180 valence electrons. The van der Waals surface area contributed by atoms with Gasteiger partial charge in [0.25, 0.3) is 0 Å². The second-order valence-electron chi connectivity index (χ2n) is 10.9. The topological polar surface area (TPSA) is 0 Å². The molecule has 0 spiro atoms. The van der Waals surface area contributed by atoms with Crippen LogP contribution in [0, 0.1) is 12.1 Å². The fourth-order valence-electron chi connectivity index (χ4n) is 4.26. The van der Waals surface area contributed by atoms with E-state index in [0.717, 1.165) is 12.8 Å². The van der Waals surface area contributed by atoms with Gasteiger partial charge in [0.2, 0.25) is 0 Å². The Morgan fingerprint density at radius 3 is 1.97 bits per heavy atom. The number of allylic oxidation sites excluding steroid dienone is 4. The molecule has 0 bridgehead atoms. The van der Waals surface area contributed by atoms with E-state index in [2.05, 4.69) is 120 Å². The molecule has 35 heavy (non-hydrogen) atoms. The minimum absolute atomic E-state index is 0. The van der Waals surface area contributed by atoms with E-state index in [9.17, 15) is 0 Å². The molecular formula is C32H34Cl2Zr. The summed E-state index contributed by atoms with van der Waals surface area (Å²) in [7, 11) is 0. The Kier molecular flexibility index (Phi) is 11.5. The Hall–Kier alpha value is -1.40. The number of hydrogen-bond acceptors (Lipinski definition) is 0. The van der Waals surface area contributed by atoms with Gasteiger partial charge < -0.3 is 24.8 Å². The van der Waals surface area contributed by atoms with E-state index >= 15 is 0 Å². The Morgan fingerprint density at radius 1 is 0.743 bits per heavy atom. The fraction of sp³-hybridized carbons (Fsp3) is 0.312. The van der Waals surface area contributed by atoms with Gasteiger partial charge in [-0.3, -0.25) is 6.08 Å². The van der Waals surface area contributed by atoms with E-state index in [1.165, 1.54) is 44.5 Å². The van der Waals surface area contributed by atoms with E-state index in [-0.39, 0.29) is 61.8 Å². The average Bonchev–Trinajstić information content (AvgIpc) is 3.40. The predicted molar refractivity (Wildman–Crippen MR) is 138 cm³/mol. The van der Waals surface area contributed by atoms with E-state index in [1.54, 1.807) is 0 Å². The minimum Gasteiger partial charge on any atom is -1.00 e. The van der Waals surface area contributed by atoms with Gasteiger partial charge in [0.15, 0.2) is 0 Å². The van der Waals surface area contributed by atoms with Gasteiger partial charge in [-0.1, -0.05) is 95.6 Å². The summed E-state index contributed by atoms with van der Waals surface area (Å²) in [6, 6.07) is 25.6. The standard InChI is InChI=1S/C21H25.C11H9.2ClH.Zr/c1-20(2,3)16-7-9-18-14(12-16)11-15-13-17(21(4,5)6)8-10-19(15)18;1-2-6-10(7-3-1)11-8-4-5-9-11;;;/h7-10,12H,11H2,1-6H3;1-3,6-9H,4H2;2*1H;/q2*-1;;;+4/p-2. The number of halogens is 2. The molecule has 2 aliphatic carbocycles. The molecule has 3 heteroatoms. The van der Waals surface area contributed by atoms with Gasteiger partial charge in [-0.15, -0.1) is 23.1 Å². The van der Waals surface area contributed by atoms with Gasteiger partial charge in [0.1, 0.15) is 0 Å². The number of fused-ring (bicyclic) bond motifs is 3. The van der Waals surface area contributed by atoms with Crippen LogP contribution >= 0.6 is 0 Å². The summed E-state index contributed by atoms with van der Waals surface area (Å²) in [5, 5.41) is 0. The van der Waals surface area contributed by atoms with E-state index < -0.39 is 0 Å². The molecule has 0 fully saturated rings. The Labute approximate surface area is 244 Å². The van der Waals surface area contributed by atoms with Crippen molar-refractivity contribution in [2.75, 3.05) is 0 Å². The first-order chi connectivity index (χ1) is 15.1. The summed E-state index contributed by atoms with van der Waals surface area (Å²) in [6.45, 7) is 13.6. The summed E-state index contributed by atoms with van der Waals surface area (Å²) < 4.78 is 0. The zero-order valence-electron chi connectivity index (χ0n) is 21.6. The van der Waals surface area contributed by atoms with Crippen molar-refractivity contribution in [3.63, 3.8) is 0 Å². The molecular weight excluding hydrogens is 546 g/mol. The van der Waals surface area contributed by atoms with Crippen LogP contribution in [0.2, 0.25) is 0 Å². The van der Waals surface area contributed by atoms with Crippen molar-refractivity contribution >= 4 is 5.57 Å². The SMILES string of the molecule is CC(C)(C)c1[c-]c2c(cc1)-c1ccc(C(C)(C)C)cc1C2.[C-]1=CC(c2ccccc2)=CC1.[Cl-].[Cl-].[Zr+4]. The molecule has 0 unspecified atom stereocenters. The van der Waals surface area contributed by atoms with Crippen molar-refractivity contribution in [1.82, 2.24) is 0 Å². The summed E-state index contributed by atoms with van der Waals surface area (Å²) in [6.07, 6.45) is 9.38. The quantitative estimate of drug-likeness (QED) is 0.304. The number of hydrogen-bond donors (Lipinski definition) is 0. The van der Waals surface area contributed by atoms with Gasteiger partial charge in [-0.25, -0.2) is 6.08 Å². The molecule has 0 aliphatic heterocycles. The summed E-state index contributed by atoms with van der Waals surface area (Å²) in [5.41, 5.74) is 11.3. The molecule has 0 heterocycles. The van der Waals surface area contributed by atoms with Crippen LogP contribution in [-0.2, 0) is 43.5 Å². The molecule has 2 aliphatic rings. The third-order valence-electron chi connectivity index (χ3n) is 6.27. The Balaban J connectivity index is 0.000000375. The Morgan fingerprint density at radius 2 is 1.40 bits per heavy atom. The molecule has 5 rings (SSSR count). The van der Waals surface area contributed by atoms with E-state index in [0.29, 0.717) is 0 Å². The average molecular weight is 581 g/mol. The molecule has 3 aromatic rings. The second-order valence-corrected chi connectivity index (χ2v) is 10.9. The van der Waals surface area contributed by atoms with Crippen molar-refractivity contribution in [1.29, 1.82) is 0 Å². The second kappa shape index (κ2) is 12.7. The van der Waals surface area contributed by atoms with Gasteiger partial charge in [-0.05, 0) is 28.4 Å². The summed E-state index contributed by atoms with van der Waals surface area (Å²) >= 11 is 0. The van der Waals surface area contributed by atoms with Crippen LogP contribution < -0.4 is 24.8 Å². The third kappa shape index (κ3) is 7.55. The molecule has 0 radical (unpaired) electrons. The normalized spacial score (nSPS) is 13.1. The van der Waals surface area contributed by atoms with Crippen LogP contribution in [0.25, 0.3) is 16.7 Å².